The van der Waals surface area contributed by atoms with Crippen LogP contribution in [-0.4, -0.2) is 29.9 Å². The highest BCUT2D eigenvalue weighted by molar-refractivity contribution is 5.75. The van der Waals surface area contributed by atoms with Crippen LogP contribution in [0.5, 0.6) is 0 Å². The van der Waals surface area contributed by atoms with Gasteiger partial charge in [-0.1, -0.05) is 140 Å². The highest BCUT2D eigenvalue weighted by Crippen LogP contribution is 2.53. The first kappa shape index (κ1) is 32.9. The van der Waals surface area contributed by atoms with E-state index < -0.39 is 0 Å². The predicted octanol–water partition coefficient (Wildman–Crippen LogP) is 11.6. The maximum absolute atomic E-state index is 5.10. The minimum Gasteiger partial charge on any atom is -0.264 e. The summed E-state index contributed by atoms with van der Waals surface area (Å²) in [5.41, 5.74) is 11.2. The lowest BCUT2D eigenvalue weighted by Gasteiger charge is -2.22. The summed E-state index contributed by atoms with van der Waals surface area (Å²) < 4.78 is 0. The lowest BCUT2D eigenvalue weighted by Crippen LogP contribution is -2.08. The van der Waals surface area contributed by atoms with Crippen molar-refractivity contribution in [3.05, 3.63) is 170 Å². The fourth-order valence-corrected chi connectivity index (χ4v) is 8.53. The zero-order valence-corrected chi connectivity index (χ0v) is 30.3. The normalized spacial score (nSPS) is 17.3. The summed E-state index contributed by atoms with van der Waals surface area (Å²) in [6.45, 7) is 0. The van der Waals surface area contributed by atoms with Crippen LogP contribution in [-0.2, 0) is 0 Å². The second kappa shape index (κ2) is 14.3. The fraction of sp³-hybridized carbons (Fsp3) is 0.143. The molecule has 8 aromatic rings. The van der Waals surface area contributed by atoms with Gasteiger partial charge < -0.3 is 0 Å². The lowest BCUT2D eigenvalue weighted by atomic mass is 9.83. The van der Waals surface area contributed by atoms with Gasteiger partial charge in [-0.3, -0.25) is 4.98 Å². The molecule has 2 aliphatic carbocycles. The first-order valence-corrected chi connectivity index (χ1v) is 19.2. The van der Waals surface area contributed by atoms with Crippen molar-refractivity contribution in [2.24, 2.45) is 11.8 Å². The number of nitrogens with zero attached hydrogens (tertiary/aromatic N) is 6. The van der Waals surface area contributed by atoms with Gasteiger partial charge >= 0.3 is 0 Å². The van der Waals surface area contributed by atoms with E-state index in [9.17, 15) is 0 Å². The summed E-state index contributed by atoms with van der Waals surface area (Å²) in [5, 5.41) is 0. The molecule has 2 aliphatic rings. The van der Waals surface area contributed by atoms with Gasteiger partial charge in [0.2, 0.25) is 0 Å². The van der Waals surface area contributed by atoms with Crippen molar-refractivity contribution >= 4 is 0 Å². The molecule has 55 heavy (non-hydrogen) atoms. The summed E-state index contributed by atoms with van der Waals surface area (Å²) >= 11 is 0. The lowest BCUT2D eigenvalue weighted by molar-refractivity contribution is 0.420. The Morgan fingerprint density at radius 1 is 0.382 bits per heavy atom. The summed E-state index contributed by atoms with van der Waals surface area (Å²) in [6.07, 6.45) is 9.10. The van der Waals surface area contributed by atoms with E-state index >= 15 is 0 Å². The number of hydrogen-bond acceptors (Lipinski definition) is 6. The number of aromatic nitrogens is 6. The zero-order valence-electron chi connectivity index (χ0n) is 30.3. The molecular formula is C49H38N6. The molecule has 264 valence electrons. The molecule has 0 amide bonds. The van der Waals surface area contributed by atoms with E-state index in [1.807, 2.05) is 60.8 Å². The molecule has 0 spiro atoms. The minimum atomic E-state index is 0.636. The summed E-state index contributed by atoms with van der Waals surface area (Å²) in [6, 6.07) is 52.2. The second-order valence-corrected chi connectivity index (χ2v) is 14.8. The second-order valence-electron chi connectivity index (χ2n) is 14.8. The van der Waals surface area contributed by atoms with Crippen LogP contribution in [0, 0.1) is 11.8 Å². The molecule has 0 radical (unpaired) electrons. The summed E-state index contributed by atoms with van der Waals surface area (Å²) in [7, 11) is 0. The van der Waals surface area contributed by atoms with E-state index in [0.717, 1.165) is 67.7 Å². The molecule has 2 fully saturated rings. The molecule has 3 unspecified atom stereocenters. The van der Waals surface area contributed by atoms with Crippen molar-refractivity contribution < 1.29 is 0 Å². The predicted molar refractivity (Wildman–Crippen MR) is 219 cm³/mol. The maximum atomic E-state index is 5.10. The van der Waals surface area contributed by atoms with Gasteiger partial charge in [0.25, 0.3) is 0 Å². The number of fused-ring (bicyclic) bond motifs is 2. The van der Waals surface area contributed by atoms with E-state index in [2.05, 4.69) is 102 Å². The number of pyridine rings is 1. The molecule has 2 saturated carbocycles. The van der Waals surface area contributed by atoms with Crippen molar-refractivity contribution in [1.82, 2.24) is 29.9 Å². The number of benzene rings is 5. The maximum Gasteiger partial charge on any atom is 0.164 e. The van der Waals surface area contributed by atoms with Crippen LogP contribution in [0.4, 0.5) is 0 Å². The van der Waals surface area contributed by atoms with Crippen molar-refractivity contribution in [2.45, 2.75) is 31.6 Å². The molecular weight excluding hydrogens is 673 g/mol. The molecule has 5 aromatic carbocycles. The number of hydrogen-bond donors (Lipinski definition) is 0. The largest absolute Gasteiger partial charge is 0.264 e. The molecule has 0 saturated heterocycles. The topological polar surface area (TPSA) is 77.3 Å². The van der Waals surface area contributed by atoms with Crippen LogP contribution < -0.4 is 0 Å². The average molecular weight is 711 g/mol. The van der Waals surface area contributed by atoms with Gasteiger partial charge in [0.05, 0.1) is 11.4 Å². The Morgan fingerprint density at radius 2 is 0.909 bits per heavy atom. The highest BCUT2D eigenvalue weighted by Gasteiger charge is 2.40. The van der Waals surface area contributed by atoms with Crippen LogP contribution in [0.25, 0.3) is 79.2 Å². The van der Waals surface area contributed by atoms with Gasteiger partial charge in [0, 0.05) is 45.8 Å². The SMILES string of the molecule is c1ccc(-c2nc(-c3ccc(-c4cccnc4)cc3)cc(-c3ccc(-c4nc(-c5ccccc5)nc(-c5cccc(C6CC7CCC6C7)c5)n4)cc3)n2)cc1. The van der Waals surface area contributed by atoms with Gasteiger partial charge in [-0.2, -0.15) is 0 Å². The van der Waals surface area contributed by atoms with Crippen LogP contribution in [0.1, 0.15) is 37.2 Å². The van der Waals surface area contributed by atoms with Crippen LogP contribution in [0.15, 0.2) is 164 Å². The Labute approximate surface area is 321 Å². The molecule has 10 rings (SSSR count). The van der Waals surface area contributed by atoms with Crippen LogP contribution >= 0.6 is 0 Å². The molecule has 0 aliphatic heterocycles. The molecule has 6 heteroatoms. The van der Waals surface area contributed by atoms with Gasteiger partial charge in [-0.15, -0.1) is 0 Å². The quantitative estimate of drug-likeness (QED) is 0.156. The van der Waals surface area contributed by atoms with Gasteiger partial charge in [0.15, 0.2) is 23.3 Å². The van der Waals surface area contributed by atoms with Gasteiger partial charge in [-0.25, -0.2) is 24.9 Å². The third-order valence-electron chi connectivity index (χ3n) is 11.4. The van der Waals surface area contributed by atoms with E-state index in [1.54, 1.807) is 6.20 Å². The van der Waals surface area contributed by atoms with Crippen molar-refractivity contribution in [1.29, 1.82) is 0 Å². The van der Waals surface area contributed by atoms with E-state index in [1.165, 1.54) is 31.2 Å². The minimum absolute atomic E-state index is 0.636. The first-order valence-electron chi connectivity index (χ1n) is 19.2. The molecule has 0 N–H and O–H groups in total. The Bertz CT molecular complexity index is 2590. The van der Waals surface area contributed by atoms with E-state index in [4.69, 9.17) is 24.9 Å². The molecule has 3 aromatic heterocycles. The van der Waals surface area contributed by atoms with Gasteiger partial charge in [0.1, 0.15) is 0 Å². The van der Waals surface area contributed by atoms with Crippen molar-refractivity contribution in [2.75, 3.05) is 0 Å². The smallest absolute Gasteiger partial charge is 0.164 e. The molecule has 6 nitrogen and oxygen atoms in total. The average Bonchev–Trinajstić information content (AvgIpc) is 3.92. The molecule has 2 bridgehead atoms. The highest BCUT2D eigenvalue weighted by atomic mass is 15.0. The standard InChI is InChI=1S/C49H38N6/c1-3-9-36(10-4-1)46-51-44(34-20-18-33(19-21-34)42-15-8-26-50-31-42)30-45(52-46)35-22-24-38(25-23-35)48-53-47(37-11-5-2-6-12-37)54-49(55-48)41-14-7-13-39(29-41)43-28-32-16-17-40(43)27-32/h1-15,18-26,29-32,40,43H,16-17,27-28H2. The fourth-order valence-electron chi connectivity index (χ4n) is 8.53. The third-order valence-corrected chi connectivity index (χ3v) is 11.4. The van der Waals surface area contributed by atoms with Crippen molar-refractivity contribution in [3.63, 3.8) is 0 Å². The summed E-state index contributed by atoms with van der Waals surface area (Å²) in [4.78, 5) is 29.5. The third kappa shape index (κ3) is 6.72. The Kier molecular flexibility index (Phi) is 8.56. The van der Waals surface area contributed by atoms with Gasteiger partial charge in [-0.05, 0) is 71.9 Å². The number of rotatable bonds is 8. The first-order chi connectivity index (χ1) is 27.2. The Hall–Kier alpha value is -6.66. The van der Waals surface area contributed by atoms with Crippen LogP contribution in [0.3, 0.4) is 0 Å². The molecule has 3 heterocycles. The van der Waals surface area contributed by atoms with Crippen molar-refractivity contribution in [3.8, 4) is 79.2 Å². The Morgan fingerprint density at radius 3 is 1.47 bits per heavy atom. The Balaban J connectivity index is 1.01. The van der Waals surface area contributed by atoms with Crippen LogP contribution in [0.2, 0.25) is 0 Å². The molecule has 3 atom stereocenters. The van der Waals surface area contributed by atoms with E-state index in [0.29, 0.717) is 29.2 Å². The zero-order chi connectivity index (χ0) is 36.6. The summed E-state index contributed by atoms with van der Waals surface area (Å²) in [5.74, 6) is 5.01. The monoisotopic (exact) mass is 710 g/mol. The van der Waals surface area contributed by atoms with E-state index in [-0.39, 0.29) is 0 Å².